The first-order valence-corrected chi connectivity index (χ1v) is 7.72. The lowest BCUT2D eigenvalue weighted by Gasteiger charge is -1.97. The summed E-state index contributed by atoms with van der Waals surface area (Å²) in [7, 11) is 0. The van der Waals surface area contributed by atoms with Gasteiger partial charge in [0.05, 0.1) is 12.8 Å². The van der Waals surface area contributed by atoms with Crippen LogP contribution in [0.5, 0.6) is 0 Å². The van der Waals surface area contributed by atoms with Gasteiger partial charge in [0.15, 0.2) is 0 Å². The summed E-state index contributed by atoms with van der Waals surface area (Å²) in [5.41, 5.74) is 0. The second-order valence-electron chi connectivity index (χ2n) is 4.06. The van der Waals surface area contributed by atoms with Crippen LogP contribution in [0.15, 0.2) is 39.4 Å². The molecule has 0 unspecified atom stereocenters. The molecular formula is C13H11N3O2S2. The average Bonchev–Trinajstić information content (AvgIpc) is 3.12. The summed E-state index contributed by atoms with van der Waals surface area (Å²) in [6, 6.07) is 7.96. The Kier molecular flexibility index (Phi) is 3.89. The van der Waals surface area contributed by atoms with Gasteiger partial charge in [0, 0.05) is 9.75 Å². The van der Waals surface area contributed by atoms with E-state index in [0.29, 0.717) is 18.7 Å². The molecule has 102 valence electrons. The van der Waals surface area contributed by atoms with E-state index in [9.17, 15) is 4.79 Å². The number of hydrogen-bond acceptors (Lipinski definition) is 6. The van der Waals surface area contributed by atoms with Crippen molar-refractivity contribution in [2.24, 2.45) is 0 Å². The number of amides is 1. The van der Waals surface area contributed by atoms with Gasteiger partial charge in [-0.25, -0.2) is 0 Å². The van der Waals surface area contributed by atoms with E-state index in [1.807, 2.05) is 35.0 Å². The molecule has 0 saturated carbocycles. The topological polar surface area (TPSA) is 68.0 Å². The Morgan fingerprint density at radius 2 is 1.90 bits per heavy atom. The second-order valence-corrected chi connectivity index (χ2v) is 6.13. The SMILES string of the molecule is O=C(Cc1cccs1)Nc1nnc(Cc2cccs2)o1. The lowest BCUT2D eigenvalue weighted by atomic mass is 10.3. The fourth-order valence-electron chi connectivity index (χ4n) is 1.67. The minimum absolute atomic E-state index is 0.151. The van der Waals surface area contributed by atoms with Gasteiger partial charge in [-0.05, 0) is 22.9 Å². The van der Waals surface area contributed by atoms with Crippen molar-refractivity contribution < 1.29 is 9.21 Å². The third-order valence-electron chi connectivity index (χ3n) is 2.53. The summed E-state index contributed by atoms with van der Waals surface area (Å²) in [4.78, 5) is 13.9. The maximum atomic E-state index is 11.8. The van der Waals surface area contributed by atoms with Gasteiger partial charge < -0.3 is 4.42 Å². The first-order valence-electron chi connectivity index (χ1n) is 5.96. The van der Waals surface area contributed by atoms with Crippen LogP contribution in [-0.2, 0) is 17.6 Å². The fraction of sp³-hybridized carbons (Fsp3) is 0.154. The van der Waals surface area contributed by atoms with Gasteiger partial charge in [-0.1, -0.05) is 17.2 Å². The van der Waals surface area contributed by atoms with Crippen molar-refractivity contribution >= 4 is 34.6 Å². The van der Waals surface area contributed by atoms with Crippen LogP contribution in [0, 0.1) is 0 Å². The molecule has 3 heterocycles. The molecule has 0 aliphatic carbocycles. The van der Waals surface area contributed by atoms with E-state index < -0.39 is 0 Å². The van der Waals surface area contributed by atoms with Crippen LogP contribution in [0.2, 0.25) is 0 Å². The van der Waals surface area contributed by atoms with E-state index >= 15 is 0 Å². The maximum absolute atomic E-state index is 11.8. The Balaban J connectivity index is 1.58. The molecule has 3 aromatic rings. The molecule has 1 N–H and O–H groups in total. The molecule has 20 heavy (non-hydrogen) atoms. The summed E-state index contributed by atoms with van der Waals surface area (Å²) in [5.74, 6) is 0.345. The molecule has 3 rings (SSSR count). The predicted octanol–water partition coefficient (Wildman–Crippen LogP) is 2.96. The van der Waals surface area contributed by atoms with Gasteiger partial charge in [-0.15, -0.1) is 27.8 Å². The Morgan fingerprint density at radius 1 is 1.15 bits per heavy atom. The molecule has 3 aromatic heterocycles. The van der Waals surface area contributed by atoms with E-state index in [1.54, 1.807) is 22.7 Å². The van der Waals surface area contributed by atoms with E-state index in [-0.39, 0.29) is 11.9 Å². The molecule has 0 radical (unpaired) electrons. The Labute approximate surface area is 123 Å². The summed E-state index contributed by atoms with van der Waals surface area (Å²) in [6.07, 6.45) is 0.908. The van der Waals surface area contributed by atoms with Crippen LogP contribution < -0.4 is 5.32 Å². The summed E-state index contributed by atoms with van der Waals surface area (Å²) in [5, 5.41) is 14.3. The quantitative estimate of drug-likeness (QED) is 0.787. The zero-order valence-corrected chi connectivity index (χ0v) is 12.0. The molecule has 0 aliphatic rings. The summed E-state index contributed by atoms with van der Waals surface area (Å²) < 4.78 is 5.40. The van der Waals surface area contributed by atoms with Crippen LogP contribution in [0.25, 0.3) is 0 Å². The minimum atomic E-state index is -0.154. The first kappa shape index (κ1) is 13.0. The second kappa shape index (κ2) is 5.98. The molecular weight excluding hydrogens is 294 g/mol. The van der Waals surface area contributed by atoms with Crippen molar-refractivity contribution in [1.82, 2.24) is 10.2 Å². The zero-order valence-electron chi connectivity index (χ0n) is 10.4. The zero-order chi connectivity index (χ0) is 13.8. The summed E-state index contributed by atoms with van der Waals surface area (Å²) >= 11 is 3.17. The van der Waals surface area contributed by atoms with Crippen LogP contribution in [0.4, 0.5) is 6.01 Å². The lowest BCUT2D eigenvalue weighted by Crippen LogP contribution is -2.13. The lowest BCUT2D eigenvalue weighted by molar-refractivity contribution is -0.115. The summed E-state index contributed by atoms with van der Waals surface area (Å²) in [6.45, 7) is 0. The van der Waals surface area contributed by atoms with Gasteiger partial charge in [-0.3, -0.25) is 10.1 Å². The van der Waals surface area contributed by atoms with Crippen molar-refractivity contribution in [3.63, 3.8) is 0 Å². The van der Waals surface area contributed by atoms with E-state index in [2.05, 4.69) is 15.5 Å². The number of hydrogen-bond donors (Lipinski definition) is 1. The third-order valence-corrected chi connectivity index (χ3v) is 4.29. The number of anilines is 1. The average molecular weight is 305 g/mol. The van der Waals surface area contributed by atoms with Gasteiger partial charge in [0.25, 0.3) is 0 Å². The Hall–Kier alpha value is -1.99. The van der Waals surface area contributed by atoms with E-state index in [1.165, 1.54) is 0 Å². The van der Waals surface area contributed by atoms with Crippen molar-refractivity contribution in [1.29, 1.82) is 0 Å². The highest BCUT2D eigenvalue weighted by Crippen LogP contribution is 2.16. The molecule has 0 bridgehead atoms. The molecule has 0 saturated heterocycles. The van der Waals surface area contributed by atoms with Crippen LogP contribution in [-0.4, -0.2) is 16.1 Å². The highest BCUT2D eigenvalue weighted by molar-refractivity contribution is 7.10. The highest BCUT2D eigenvalue weighted by Gasteiger charge is 2.11. The molecule has 0 fully saturated rings. The number of nitrogens with one attached hydrogen (secondary N) is 1. The third kappa shape index (κ3) is 3.31. The molecule has 0 aromatic carbocycles. The standard InChI is InChI=1S/C13H11N3O2S2/c17-11(7-9-3-1-5-19-9)14-13-16-15-12(18-13)8-10-4-2-6-20-10/h1-6H,7-8H2,(H,14,16,17). The van der Waals surface area contributed by atoms with Gasteiger partial charge >= 0.3 is 6.01 Å². The number of carbonyl (C=O) groups excluding carboxylic acids is 1. The van der Waals surface area contributed by atoms with Crippen molar-refractivity contribution in [2.45, 2.75) is 12.8 Å². The van der Waals surface area contributed by atoms with Gasteiger partial charge in [-0.2, -0.15) is 0 Å². The molecule has 5 nitrogen and oxygen atoms in total. The highest BCUT2D eigenvalue weighted by atomic mass is 32.1. The van der Waals surface area contributed by atoms with Gasteiger partial charge in [0.1, 0.15) is 0 Å². The van der Waals surface area contributed by atoms with Crippen molar-refractivity contribution in [3.8, 4) is 0 Å². The number of nitrogens with zero attached hydrogens (tertiary/aromatic N) is 2. The smallest absolute Gasteiger partial charge is 0.322 e. The molecule has 1 amide bonds. The molecule has 0 aliphatic heterocycles. The van der Waals surface area contributed by atoms with Gasteiger partial charge in [0.2, 0.25) is 11.8 Å². The van der Waals surface area contributed by atoms with E-state index in [0.717, 1.165) is 9.75 Å². The van der Waals surface area contributed by atoms with Crippen LogP contribution in [0.1, 0.15) is 15.6 Å². The molecule has 0 atom stereocenters. The van der Waals surface area contributed by atoms with E-state index in [4.69, 9.17) is 4.42 Å². The maximum Gasteiger partial charge on any atom is 0.322 e. The number of carbonyl (C=O) groups is 1. The van der Waals surface area contributed by atoms with Crippen molar-refractivity contribution in [3.05, 3.63) is 50.7 Å². The monoisotopic (exact) mass is 305 g/mol. The Bertz CT molecular complexity index is 674. The Morgan fingerprint density at radius 3 is 2.60 bits per heavy atom. The molecule has 0 spiro atoms. The number of thiophene rings is 2. The number of rotatable bonds is 5. The first-order chi connectivity index (χ1) is 9.79. The number of aromatic nitrogens is 2. The predicted molar refractivity (Wildman–Crippen MR) is 78.1 cm³/mol. The largest absolute Gasteiger partial charge is 0.407 e. The van der Waals surface area contributed by atoms with Crippen LogP contribution in [0.3, 0.4) is 0 Å². The minimum Gasteiger partial charge on any atom is -0.407 e. The van der Waals surface area contributed by atoms with Crippen molar-refractivity contribution in [2.75, 3.05) is 5.32 Å². The normalized spacial score (nSPS) is 10.6. The van der Waals surface area contributed by atoms with Crippen LogP contribution >= 0.6 is 22.7 Å². The fourth-order valence-corrected chi connectivity index (χ4v) is 3.07. The molecule has 7 heteroatoms.